The third kappa shape index (κ3) is 4.16. The monoisotopic (exact) mass is 234 g/mol. The number of allylic oxidation sites excluding steroid dienone is 1. The predicted molar refractivity (Wildman–Crippen MR) is 64.1 cm³/mol. The Bertz CT molecular complexity index is 443. The number of benzene rings is 1. The molecular weight excluding hydrogens is 224 g/mol. The fourth-order valence-corrected chi connectivity index (χ4v) is 1.28. The summed E-state index contributed by atoms with van der Waals surface area (Å²) >= 11 is 5.72. The number of halogens is 1. The SMILES string of the molecule is CC(=CC#N)CC(=O)Nc1ccc(Cl)cc1. The standard InChI is InChI=1S/C12H11ClN2O/c1-9(6-7-14)8-12(16)15-11-4-2-10(13)3-5-11/h2-6H,8H2,1H3,(H,15,16). The summed E-state index contributed by atoms with van der Waals surface area (Å²) in [5.74, 6) is -0.147. The van der Waals surface area contributed by atoms with Gasteiger partial charge in [-0.25, -0.2) is 0 Å². The lowest BCUT2D eigenvalue weighted by atomic mass is 10.2. The first-order valence-electron chi connectivity index (χ1n) is 4.72. The largest absolute Gasteiger partial charge is 0.326 e. The topological polar surface area (TPSA) is 52.9 Å². The number of carbonyl (C=O) groups is 1. The van der Waals surface area contributed by atoms with Crippen LogP contribution in [0.4, 0.5) is 5.69 Å². The molecule has 1 N–H and O–H groups in total. The molecule has 4 heteroatoms. The summed E-state index contributed by atoms with van der Waals surface area (Å²) in [6.07, 6.45) is 1.58. The van der Waals surface area contributed by atoms with E-state index in [2.05, 4.69) is 5.32 Å². The summed E-state index contributed by atoms with van der Waals surface area (Å²) < 4.78 is 0. The molecule has 0 aromatic heterocycles. The molecule has 0 bridgehead atoms. The number of anilines is 1. The summed E-state index contributed by atoms with van der Waals surface area (Å²) in [6, 6.07) is 8.74. The molecule has 0 radical (unpaired) electrons. The minimum Gasteiger partial charge on any atom is -0.326 e. The quantitative estimate of drug-likeness (QED) is 0.817. The number of carbonyl (C=O) groups excluding carboxylic acids is 1. The number of nitriles is 1. The van der Waals surface area contributed by atoms with Crippen molar-refractivity contribution in [1.82, 2.24) is 0 Å². The highest BCUT2D eigenvalue weighted by atomic mass is 35.5. The minimum atomic E-state index is -0.147. The second kappa shape index (κ2) is 5.94. The Morgan fingerprint density at radius 2 is 2.12 bits per heavy atom. The van der Waals surface area contributed by atoms with E-state index in [9.17, 15) is 4.79 Å². The average molecular weight is 235 g/mol. The van der Waals surface area contributed by atoms with Gasteiger partial charge in [0.15, 0.2) is 0 Å². The third-order valence-electron chi connectivity index (χ3n) is 1.88. The highest BCUT2D eigenvalue weighted by Crippen LogP contribution is 2.14. The van der Waals surface area contributed by atoms with Crippen molar-refractivity contribution in [3.05, 3.63) is 40.9 Å². The number of nitrogens with one attached hydrogen (secondary N) is 1. The van der Waals surface area contributed by atoms with E-state index in [1.165, 1.54) is 6.08 Å². The van der Waals surface area contributed by atoms with Gasteiger partial charge in [0, 0.05) is 23.2 Å². The van der Waals surface area contributed by atoms with Crippen LogP contribution in [0.2, 0.25) is 5.02 Å². The van der Waals surface area contributed by atoms with Crippen LogP contribution in [-0.2, 0) is 4.79 Å². The van der Waals surface area contributed by atoms with Crippen LogP contribution >= 0.6 is 11.6 Å². The second-order valence-electron chi connectivity index (χ2n) is 3.35. The van der Waals surface area contributed by atoms with Gasteiger partial charge in [-0.05, 0) is 31.2 Å². The van der Waals surface area contributed by atoms with E-state index >= 15 is 0 Å². The average Bonchev–Trinajstić information content (AvgIpc) is 2.21. The van der Waals surface area contributed by atoms with Crippen molar-refractivity contribution < 1.29 is 4.79 Å². The Labute approximate surface area is 99.3 Å². The van der Waals surface area contributed by atoms with Gasteiger partial charge in [-0.1, -0.05) is 17.2 Å². The van der Waals surface area contributed by atoms with E-state index in [0.717, 1.165) is 5.57 Å². The van der Waals surface area contributed by atoms with Gasteiger partial charge in [-0.15, -0.1) is 0 Å². The molecule has 1 rings (SSSR count). The first kappa shape index (κ1) is 12.3. The van der Waals surface area contributed by atoms with Crippen LogP contribution in [0.5, 0.6) is 0 Å². The zero-order chi connectivity index (χ0) is 12.0. The zero-order valence-corrected chi connectivity index (χ0v) is 9.58. The highest BCUT2D eigenvalue weighted by Gasteiger charge is 2.02. The fourth-order valence-electron chi connectivity index (χ4n) is 1.15. The Kier molecular flexibility index (Phi) is 4.56. The van der Waals surface area contributed by atoms with Crippen LogP contribution in [0.25, 0.3) is 0 Å². The highest BCUT2D eigenvalue weighted by molar-refractivity contribution is 6.30. The van der Waals surface area contributed by atoms with Gasteiger partial charge in [-0.3, -0.25) is 4.79 Å². The van der Waals surface area contributed by atoms with Crippen LogP contribution in [0.3, 0.4) is 0 Å². The van der Waals surface area contributed by atoms with Crippen molar-refractivity contribution in [2.45, 2.75) is 13.3 Å². The fraction of sp³-hybridized carbons (Fsp3) is 0.167. The maximum absolute atomic E-state index is 11.5. The van der Waals surface area contributed by atoms with E-state index in [0.29, 0.717) is 10.7 Å². The van der Waals surface area contributed by atoms with E-state index in [1.54, 1.807) is 31.2 Å². The van der Waals surface area contributed by atoms with E-state index in [-0.39, 0.29) is 12.3 Å². The molecule has 3 nitrogen and oxygen atoms in total. The lowest BCUT2D eigenvalue weighted by Gasteiger charge is -2.04. The molecule has 0 saturated carbocycles. The summed E-state index contributed by atoms with van der Waals surface area (Å²) in [7, 11) is 0. The molecule has 0 spiro atoms. The number of hydrogen-bond acceptors (Lipinski definition) is 2. The minimum absolute atomic E-state index is 0.147. The van der Waals surface area contributed by atoms with Crippen LogP contribution in [-0.4, -0.2) is 5.91 Å². The molecule has 1 amide bonds. The molecule has 82 valence electrons. The molecule has 0 unspecified atom stereocenters. The Balaban J connectivity index is 2.56. The molecule has 16 heavy (non-hydrogen) atoms. The molecule has 0 aliphatic rings. The first-order valence-corrected chi connectivity index (χ1v) is 5.10. The van der Waals surface area contributed by atoms with Crippen LogP contribution in [0.15, 0.2) is 35.9 Å². The summed E-state index contributed by atoms with van der Waals surface area (Å²) in [5.41, 5.74) is 1.42. The van der Waals surface area contributed by atoms with Crippen LogP contribution in [0, 0.1) is 11.3 Å². The maximum atomic E-state index is 11.5. The van der Waals surface area contributed by atoms with Crippen molar-refractivity contribution in [3.8, 4) is 6.07 Å². The third-order valence-corrected chi connectivity index (χ3v) is 2.13. The molecule has 0 heterocycles. The van der Waals surface area contributed by atoms with Crippen molar-refractivity contribution in [2.75, 3.05) is 5.32 Å². The molecule has 1 aromatic carbocycles. The molecule has 0 aliphatic carbocycles. The number of rotatable bonds is 3. The first-order chi connectivity index (χ1) is 7.61. The van der Waals surface area contributed by atoms with Gasteiger partial charge in [0.1, 0.15) is 0 Å². The Morgan fingerprint density at radius 1 is 1.50 bits per heavy atom. The van der Waals surface area contributed by atoms with E-state index < -0.39 is 0 Å². The predicted octanol–water partition coefficient (Wildman–Crippen LogP) is 3.14. The molecule has 0 fully saturated rings. The summed E-state index contributed by atoms with van der Waals surface area (Å²) in [4.78, 5) is 11.5. The Hall–Kier alpha value is -1.79. The summed E-state index contributed by atoms with van der Waals surface area (Å²) in [5, 5.41) is 11.7. The Morgan fingerprint density at radius 3 is 2.69 bits per heavy atom. The normalized spacial score (nSPS) is 10.7. The number of nitrogens with zero attached hydrogens (tertiary/aromatic N) is 1. The molecular formula is C12H11ClN2O. The van der Waals surface area contributed by atoms with E-state index in [4.69, 9.17) is 16.9 Å². The van der Waals surface area contributed by atoms with Crippen LogP contribution in [0.1, 0.15) is 13.3 Å². The van der Waals surface area contributed by atoms with Gasteiger partial charge in [-0.2, -0.15) is 5.26 Å². The van der Waals surface area contributed by atoms with Crippen molar-refractivity contribution in [2.24, 2.45) is 0 Å². The molecule has 0 aliphatic heterocycles. The number of amides is 1. The van der Waals surface area contributed by atoms with Gasteiger partial charge in [0.05, 0.1) is 6.07 Å². The van der Waals surface area contributed by atoms with Gasteiger partial charge in [0.2, 0.25) is 5.91 Å². The molecule has 0 atom stereocenters. The van der Waals surface area contributed by atoms with Gasteiger partial charge in [0.25, 0.3) is 0 Å². The second-order valence-corrected chi connectivity index (χ2v) is 3.79. The number of hydrogen-bond donors (Lipinski definition) is 1. The molecule has 0 saturated heterocycles. The zero-order valence-electron chi connectivity index (χ0n) is 8.83. The lowest BCUT2D eigenvalue weighted by Crippen LogP contribution is -2.11. The van der Waals surface area contributed by atoms with Gasteiger partial charge < -0.3 is 5.32 Å². The lowest BCUT2D eigenvalue weighted by molar-refractivity contribution is -0.115. The van der Waals surface area contributed by atoms with Gasteiger partial charge >= 0.3 is 0 Å². The smallest absolute Gasteiger partial charge is 0.228 e. The van der Waals surface area contributed by atoms with Crippen molar-refractivity contribution in [1.29, 1.82) is 5.26 Å². The molecule has 1 aromatic rings. The van der Waals surface area contributed by atoms with E-state index in [1.807, 2.05) is 6.07 Å². The van der Waals surface area contributed by atoms with Crippen molar-refractivity contribution >= 4 is 23.2 Å². The summed E-state index contributed by atoms with van der Waals surface area (Å²) in [6.45, 7) is 1.74. The van der Waals surface area contributed by atoms with Crippen molar-refractivity contribution in [3.63, 3.8) is 0 Å². The van der Waals surface area contributed by atoms with Crippen LogP contribution < -0.4 is 5.32 Å². The maximum Gasteiger partial charge on any atom is 0.228 e.